The molecule has 0 fully saturated rings. The fourth-order valence-electron chi connectivity index (χ4n) is 5.62. The predicted molar refractivity (Wildman–Crippen MR) is 178 cm³/mol. The average molecular weight is 572 g/mol. The minimum Gasteiger partial charge on any atom is -0.493 e. The molecule has 0 radical (unpaired) electrons. The lowest BCUT2D eigenvalue weighted by atomic mass is 9.82. The molecule has 0 aliphatic heterocycles. The summed E-state index contributed by atoms with van der Waals surface area (Å²) in [5, 5.41) is 12.4. The Morgan fingerprint density at radius 1 is 0.929 bits per heavy atom. The van der Waals surface area contributed by atoms with E-state index in [0.29, 0.717) is 11.8 Å². The number of benzene rings is 2. The van der Waals surface area contributed by atoms with Gasteiger partial charge in [0.25, 0.3) is 0 Å². The largest absolute Gasteiger partial charge is 0.493 e. The van der Waals surface area contributed by atoms with Gasteiger partial charge in [-0.25, -0.2) is 0 Å². The van der Waals surface area contributed by atoms with E-state index in [9.17, 15) is 4.79 Å². The summed E-state index contributed by atoms with van der Waals surface area (Å²) >= 11 is 0. The summed E-state index contributed by atoms with van der Waals surface area (Å²) in [6.45, 7) is 13.4. The Hall–Kier alpha value is -3.21. The van der Waals surface area contributed by atoms with E-state index in [1.54, 1.807) is 0 Å². The van der Waals surface area contributed by atoms with E-state index < -0.39 is 0 Å². The van der Waals surface area contributed by atoms with Crippen molar-refractivity contribution in [1.82, 2.24) is 0 Å². The number of carbonyl (C=O) groups excluding carboxylic acids is 1. The molecule has 1 amide bonds. The van der Waals surface area contributed by atoms with Gasteiger partial charge in [0.1, 0.15) is 5.75 Å². The molecule has 5 nitrogen and oxygen atoms in total. The molecule has 1 atom stereocenters. The van der Waals surface area contributed by atoms with Crippen LogP contribution < -0.4 is 10.1 Å². The lowest BCUT2D eigenvalue weighted by Gasteiger charge is -2.25. The quantitative estimate of drug-likeness (QED) is 0.152. The zero-order valence-electron chi connectivity index (χ0n) is 27.0. The molecule has 5 heteroatoms. The molecule has 3 rings (SSSR count). The lowest BCUT2D eigenvalue weighted by Crippen LogP contribution is -2.10. The minimum absolute atomic E-state index is 0.0571. The summed E-state index contributed by atoms with van der Waals surface area (Å²) < 4.78 is 6.23. The summed E-state index contributed by atoms with van der Waals surface area (Å²) in [5.74, 6) is 1.58. The Balaban J connectivity index is 1.69. The smallest absolute Gasteiger partial charge is 0.221 e. The Kier molecular flexibility index (Phi) is 14.0. The highest BCUT2D eigenvalue weighted by molar-refractivity contribution is 5.89. The van der Waals surface area contributed by atoms with Gasteiger partial charge in [-0.3, -0.25) is 4.79 Å². The van der Waals surface area contributed by atoms with Crippen molar-refractivity contribution < 1.29 is 9.53 Å². The summed E-state index contributed by atoms with van der Waals surface area (Å²) in [7, 11) is 0. The molecule has 1 N–H and O–H groups in total. The van der Waals surface area contributed by atoms with Crippen molar-refractivity contribution in [3.8, 4) is 5.75 Å². The van der Waals surface area contributed by atoms with Gasteiger partial charge in [0.2, 0.25) is 5.91 Å². The van der Waals surface area contributed by atoms with Crippen molar-refractivity contribution in [3.63, 3.8) is 0 Å². The fourth-order valence-corrected chi connectivity index (χ4v) is 5.62. The van der Waals surface area contributed by atoms with Crippen molar-refractivity contribution in [2.75, 3.05) is 11.9 Å². The molecule has 0 bridgehead atoms. The lowest BCUT2D eigenvalue weighted by molar-refractivity contribution is -0.114. The zero-order valence-corrected chi connectivity index (χ0v) is 27.0. The van der Waals surface area contributed by atoms with Crippen molar-refractivity contribution in [1.29, 1.82) is 0 Å². The van der Waals surface area contributed by atoms with Crippen LogP contribution in [0.2, 0.25) is 0 Å². The standard InChI is InChI=1S/C37H53N3O2/c1-7-10-11-12-13-14-15-16-23-42-36-22-21-34(26-35(36)27(4)5)39-40-37-29(8-2)24-32(25-30(37)9-3)31-17-19-33(20-18-31)38-28(6)41/h17-22,24,26-27,30H,7-16,23,25H2,1-6H3,(H,38,41). The van der Waals surface area contributed by atoms with Crippen molar-refractivity contribution in [2.24, 2.45) is 16.1 Å². The first-order valence-electron chi connectivity index (χ1n) is 16.4. The van der Waals surface area contributed by atoms with Crippen LogP contribution in [0.4, 0.5) is 11.4 Å². The van der Waals surface area contributed by atoms with Crippen LogP contribution in [0.5, 0.6) is 5.75 Å². The Morgan fingerprint density at radius 3 is 2.24 bits per heavy atom. The molecule has 0 saturated heterocycles. The normalized spacial score (nSPS) is 15.4. The molecule has 0 heterocycles. The number of hydrogen-bond donors (Lipinski definition) is 1. The first-order chi connectivity index (χ1) is 20.4. The van der Waals surface area contributed by atoms with Gasteiger partial charge < -0.3 is 10.1 Å². The van der Waals surface area contributed by atoms with Gasteiger partial charge >= 0.3 is 0 Å². The third-order valence-electron chi connectivity index (χ3n) is 8.12. The Bertz CT molecular complexity index is 1220. The molecule has 228 valence electrons. The second kappa shape index (κ2) is 17.7. The molecule has 0 spiro atoms. The number of allylic oxidation sites excluding steroid dienone is 4. The molecule has 2 aromatic carbocycles. The molecular formula is C37H53N3O2. The Labute approximate surface area is 254 Å². The third kappa shape index (κ3) is 10.3. The number of ether oxygens (including phenoxy) is 1. The average Bonchev–Trinajstić information content (AvgIpc) is 2.99. The summed E-state index contributed by atoms with van der Waals surface area (Å²) in [5.41, 5.74) is 7.73. The number of carbonyl (C=O) groups is 1. The van der Waals surface area contributed by atoms with E-state index >= 15 is 0 Å². The van der Waals surface area contributed by atoms with E-state index in [1.807, 2.05) is 18.2 Å². The molecule has 1 aliphatic rings. The maximum absolute atomic E-state index is 11.4. The number of hydrogen-bond acceptors (Lipinski definition) is 4. The van der Waals surface area contributed by atoms with Gasteiger partial charge in [-0.05, 0) is 84.2 Å². The second-order valence-corrected chi connectivity index (χ2v) is 11.9. The predicted octanol–water partition coefficient (Wildman–Crippen LogP) is 11.5. The number of rotatable bonds is 17. The Morgan fingerprint density at radius 2 is 1.62 bits per heavy atom. The molecule has 0 saturated carbocycles. The molecule has 42 heavy (non-hydrogen) atoms. The highest BCUT2D eigenvalue weighted by Crippen LogP contribution is 2.39. The maximum Gasteiger partial charge on any atom is 0.221 e. The number of amides is 1. The molecular weight excluding hydrogens is 518 g/mol. The van der Waals surface area contributed by atoms with Gasteiger partial charge in [0, 0.05) is 18.5 Å². The molecule has 1 unspecified atom stereocenters. The van der Waals surface area contributed by atoms with E-state index in [2.05, 4.69) is 70.3 Å². The zero-order chi connectivity index (χ0) is 30.3. The van der Waals surface area contributed by atoms with Crippen LogP contribution in [0.1, 0.15) is 129 Å². The summed E-state index contributed by atoms with van der Waals surface area (Å²) in [4.78, 5) is 11.4. The van der Waals surface area contributed by atoms with Crippen LogP contribution in [0, 0.1) is 5.92 Å². The number of nitrogens with one attached hydrogen (secondary N) is 1. The topological polar surface area (TPSA) is 63.1 Å². The minimum atomic E-state index is -0.0571. The SMILES string of the molecule is CCCCCCCCCCOc1ccc(N=NC2=C(CC)C=C(c3ccc(NC(C)=O)cc3)CC2CC)cc1C(C)C. The third-order valence-corrected chi connectivity index (χ3v) is 8.12. The summed E-state index contributed by atoms with van der Waals surface area (Å²) in [6.07, 6.45) is 15.5. The first-order valence-corrected chi connectivity index (χ1v) is 16.4. The van der Waals surface area contributed by atoms with E-state index in [-0.39, 0.29) is 5.91 Å². The van der Waals surface area contributed by atoms with E-state index in [4.69, 9.17) is 15.0 Å². The highest BCUT2D eigenvalue weighted by Gasteiger charge is 2.23. The van der Waals surface area contributed by atoms with Crippen LogP contribution in [-0.4, -0.2) is 12.5 Å². The van der Waals surface area contributed by atoms with Crippen molar-refractivity contribution in [3.05, 3.63) is 70.9 Å². The van der Waals surface area contributed by atoms with Crippen LogP contribution >= 0.6 is 0 Å². The monoisotopic (exact) mass is 571 g/mol. The van der Waals surface area contributed by atoms with Gasteiger partial charge in [-0.15, -0.1) is 0 Å². The van der Waals surface area contributed by atoms with Crippen molar-refractivity contribution in [2.45, 2.75) is 118 Å². The molecule has 0 aromatic heterocycles. The van der Waals surface area contributed by atoms with E-state index in [1.165, 1.54) is 74.1 Å². The first kappa shape index (κ1) is 33.3. The number of nitrogens with zero attached hydrogens (tertiary/aromatic N) is 2. The van der Waals surface area contributed by atoms with Crippen LogP contribution in [0.3, 0.4) is 0 Å². The number of azo groups is 1. The molecule has 1 aliphatic carbocycles. The fraction of sp³-hybridized carbons (Fsp3) is 0.541. The van der Waals surface area contributed by atoms with Gasteiger partial charge in [-0.2, -0.15) is 10.2 Å². The van der Waals surface area contributed by atoms with Crippen LogP contribution in [-0.2, 0) is 4.79 Å². The summed E-state index contributed by atoms with van der Waals surface area (Å²) in [6, 6.07) is 14.4. The number of unbranched alkanes of at least 4 members (excludes halogenated alkanes) is 7. The van der Waals surface area contributed by atoms with E-state index in [0.717, 1.165) is 55.1 Å². The molecule has 2 aromatic rings. The highest BCUT2D eigenvalue weighted by atomic mass is 16.5. The van der Waals surface area contributed by atoms with Crippen LogP contribution in [0.25, 0.3) is 5.57 Å². The van der Waals surface area contributed by atoms with Crippen LogP contribution in [0.15, 0.2) is 70.0 Å². The van der Waals surface area contributed by atoms with Gasteiger partial charge in [-0.1, -0.05) is 97.8 Å². The van der Waals surface area contributed by atoms with Crippen molar-refractivity contribution >= 4 is 22.9 Å². The number of anilines is 1. The maximum atomic E-state index is 11.4. The van der Waals surface area contributed by atoms with Gasteiger partial charge in [0.15, 0.2) is 0 Å². The van der Waals surface area contributed by atoms with Gasteiger partial charge in [0.05, 0.1) is 18.0 Å². The second-order valence-electron chi connectivity index (χ2n) is 11.9.